The highest BCUT2D eigenvalue weighted by atomic mass is 16.6. The topological polar surface area (TPSA) is 71.9 Å². The molecule has 4 rings (SSSR count). The molecule has 2 aromatic rings. The molecule has 2 aliphatic heterocycles. The quantitative estimate of drug-likeness (QED) is 0.808. The number of piperidine rings is 1. The van der Waals surface area contributed by atoms with Crippen LogP contribution >= 0.6 is 0 Å². The zero-order chi connectivity index (χ0) is 21.4. The number of carbonyl (C=O) groups excluding carboxylic acids is 1. The molecule has 1 aromatic carbocycles. The first-order chi connectivity index (χ1) is 14.2. The van der Waals surface area contributed by atoms with Crippen LogP contribution in [0.3, 0.4) is 0 Å². The van der Waals surface area contributed by atoms with Gasteiger partial charge in [0.1, 0.15) is 18.0 Å². The van der Waals surface area contributed by atoms with E-state index in [1.165, 1.54) is 0 Å². The maximum absolute atomic E-state index is 12.7. The van der Waals surface area contributed by atoms with E-state index in [1.807, 2.05) is 62.1 Å². The number of ether oxygens (including phenoxy) is 2. The molecule has 2 atom stereocenters. The molecular formula is C24H30N2O4. The van der Waals surface area contributed by atoms with E-state index in [0.717, 1.165) is 24.0 Å². The van der Waals surface area contributed by atoms with Gasteiger partial charge in [-0.05, 0) is 45.2 Å². The van der Waals surface area contributed by atoms with Crippen molar-refractivity contribution in [2.45, 2.75) is 76.3 Å². The number of nitrogens with zero attached hydrogens (tertiary/aromatic N) is 2. The summed E-state index contributed by atoms with van der Waals surface area (Å²) in [5.74, 6) is 0.631. The zero-order valence-electron chi connectivity index (χ0n) is 17.9. The van der Waals surface area contributed by atoms with E-state index in [4.69, 9.17) is 9.47 Å². The minimum Gasteiger partial charge on any atom is -0.487 e. The average Bonchev–Trinajstić information content (AvgIpc) is 2.98. The van der Waals surface area contributed by atoms with Gasteiger partial charge in [-0.1, -0.05) is 30.3 Å². The maximum Gasteiger partial charge on any atom is 0.410 e. The molecule has 2 unspecified atom stereocenters. The Morgan fingerprint density at radius 1 is 1.17 bits per heavy atom. The minimum atomic E-state index is -1.02. The molecule has 1 aromatic heterocycles. The van der Waals surface area contributed by atoms with Gasteiger partial charge in [0, 0.05) is 36.7 Å². The van der Waals surface area contributed by atoms with Crippen LogP contribution < -0.4 is 4.74 Å². The van der Waals surface area contributed by atoms with Gasteiger partial charge >= 0.3 is 6.09 Å². The van der Waals surface area contributed by atoms with Gasteiger partial charge in [0.15, 0.2) is 0 Å². The van der Waals surface area contributed by atoms with E-state index in [-0.39, 0.29) is 18.2 Å². The van der Waals surface area contributed by atoms with E-state index in [0.29, 0.717) is 25.2 Å². The highest BCUT2D eigenvalue weighted by molar-refractivity contribution is 5.69. The summed E-state index contributed by atoms with van der Waals surface area (Å²) in [7, 11) is 0. The van der Waals surface area contributed by atoms with Gasteiger partial charge in [0.25, 0.3) is 0 Å². The standard InChI is InChI=1S/C24H30N2O4/c1-23(2,3)30-22(27)26-19-9-10-20(26)13-24(28,12-19)18-11-21(15-25-14-18)29-16-17-7-5-4-6-8-17/h4-8,11,14-15,19-20,28H,9-10,12-13,16H2,1-3H3. The Bertz CT molecular complexity index is 880. The second kappa shape index (κ2) is 7.91. The third-order valence-corrected chi connectivity index (χ3v) is 5.87. The molecule has 6 nitrogen and oxygen atoms in total. The van der Waals surface area contributed by atoms with Crippen LogP contribution in [0.2, 0.25) is 0 Å². The van der Waals surface area contributed by atoms with Crippen LogP contribution in [-0.2, 0) is 16.9 Å². The molecule has 30 heavy (non-hydrogen) atoms. The Balaban J connectivity index is 1.47. The molecule has 6 heteroatoms. The summed E-state index contributed by atoms with van der Waals surface area (Å²) in [5.41, 5.74) is 0.265. The van der Waals surface area contributed by atoms with Crippen molar-refractivity contribution < 1.29 is 19.4 Å². The van der Waals surface area contributed by atoms with Crippen molar-refractivity contribution in [1.29, 1.82) is 0 Å². The fraction of sp³-hybridized carbons (Fsp3) is 0.500. The number of aliphatic hydroxyl groups is 1. The number of benzene rings is 1. The van der Waals surface area contributed by atoms with Crippen molar-refractivity contribution in [1.82, 2.24) is 9.88 Å². The molecule has 2 bridgehead atoms. The Labute approximate surface area is 177 Å². The molecule has 3 heterocycles. The van der Waals surface area contributed by atoms with Crippen LogP contribution in [0.5, 0.6) is 5.75 Å². The first kappa shape index (κ1) is 20.7. The van der Waals surface area contributed by atoms with Crippen molar-refractivity contribution in [2.24, 2.45) is 0 Å². The Hall–Kier alpha value is -2.60. The molecule has 0 saturated carbocycles. The lowest BCUT2D eigenvalue weighted by Gasteiger charge is -2.44. The Morgan fingerprint density at radius 3 is 2.47 bits per heavy atom. The molecular weight excluding hydrogens is 380 g/mol. The van der Waals surface area contributed by atoms with E-state index in [2.05, 4.69) is 4.98 Å². The van der Waals surface area contributed by atoms with E-state index in [1.54, 1.807) is 12.4 Å². The van der Waals surface area contributed by atoms with Gasteiger partial charge in [0.2, 0.25) is 0 Å². The summed E-state index contributed by atoms with van der Waals surface area (Å²) in [4.78, 5) is 18.8. The summed E-state index contributed by atoms with van der Waals surface area (Å²) in [6, 6.07) is 11.8. The van der Waals surface area contributed by atoms with E-state index in [9.17, 15) is 9.90 Å². The summed E-state index contributed by atoms with van der Waals surface area (Å²) in [6.45, 7) is 6.07. The lowest BCUT2D eigenvalue weighted by Crippen LogP contribution is -2.53. The predicted octanol–water partition coefficient (Wildman–Crippen LogP) is 4.41. The number of hydrogen-bond acceptors (Lipinski definition) is 5. The van der Waals surface area contributed by atoms with E-state index >= 15 is 0 Å². The first-order valence-corrected chi connectivity index (χ1v) is 10.6. The molecule has 0 spiro atoms. The molecule has 0 radical (unpaired) electrons. The fourth-order valence-electron chi connectivity index (χ4n) is 4.57. The largest absolute Gasteiger partial charge is 0.487 e. The lowest BCUT2D eigenvalue weighted by atomic mass is 9.81. The molecule has 1 N–H and O–H groups in total. The molecule has 1 amide bonds. The number of amides is 1. The number of hydrogen-bond donors (Lipinski definition) is 1. The van der Waals surface area contributed by atoms with Gasteiger partial charge in [-0.25, -0.2) is 4.79 Å². The number of aromatic nitrogens is 1. The summed E-state index contributed by atoms with van der Waals surface area (Å²) >= 11 is 0. The monoisotopic (exact) mass is 410 g/mol. The second-order valence-electron chi connectivity index (χ2n) is 9.40. The van der Waals surface area contributed by atoms with E-state index < -0.39 is 11.2 Å². The van der Waals surface area contributed by atoms with Crippen molar-refractivity contribution in [3.05, 3.63) is 59.9 Å². The predicted molar refractivity (Wildman–Crippen MR) is 113 cm³/mol. The fourth-order valence-corrected chi connectivity index (χ4v) is 4.57. The molecule has 2 fully saturated rings. The third-order valence-electron chi connectivity index (χ3n) is 5.87. The Morgan fingerprint density at radius 2 is 1.83 bits per heavy atom. The summed E-state index contributed by atoms with van der Waals surface area (Å²) < 4.78 is 11.5. The number of fused-ring (bicyclic) bond motifs is 2. The number of pyridine rings is 1. The third kappa shape index (κ3) is 4.43. The highest BCUT2D eigenvalue weighted by Crippen LogP contribution is 2.46. The molecule has 0 aliphatic carbocycles. The van der Waals surface area contributed by atoms with Gasteiger partial charge in [-0.3, -0.25) is 4.98 Å². The van der Waals surface area contributed by atoms with Crippen LogP contribution in [-0.4, -0.2) is 38.8 Å². The van der Waals surface area contributed by atoms with Gasteiger partial charge in [-0.15, -0.1) is 0 Å². The molecule has 160 valence electrons. The zero-order valence-corrected chi connectivity index (χ0v) is 17.9. The van der Waals surface area contributed by atoms with Crippen molar-refractivity contribution in [3.63, 3.8) is 0 Å². The second-order valence-corrected chi connectivity index (χ2v) is 9.40. The SMILES string of the molecule is CC(C)(C)OC(=O)N1C2CCC1CC(O)(c1cncc(OCc3ccccc3)c1)C2. The smallest absolute Gasteiger partial charge is 0.410 e. The normalized spacial score (nSPS) is 25.8. The number of carbonyl (C=O) groups is 1. The Kier molecular flexibility index (Phi) is 5.45. The van der Waals surface area contributed by atoms with Crippen molar-refractivity contribution >= 4 is 6.09 Å². The van der Waals surface area contributed by atoms with Gasteiger partial charge < -0.3 is 19.5 Å². The molecule has 2 saturated heterocycles. The van der Waals surface area contributed by atoms with Crippen LogP contribution in [0, 0.1) is 0 Å². The molecule has 2 aliphatic rings. The van der Waals surface area contributed by atoms with Crippen LogP contribution in [0.4, 0.5) is 4.79 Å². The average molecular weight is 411 g/mol. The highest BCUT2D eigenvalue weighted by Gasteiger charge is 2.51. The lowest BCUT2D eigenvalue weighted by molar-refractivity contribution is -0.0627. The summed E-state index contributed by atoms with van der Waals surface area (Å²) in [6.07, 6.45) is 5.81. The maximum atomic E-state index is 12.7. The van der Waals surface area contributed by atoms with Gasteiger partial charge in [-0.2, -0.15) is 0 Å². The van der Waals surface area contributed by atoms with Gasteiger partial charge in [0.05, 0.1) is 11.8 Å². The number of rotatable bonds is 4. The minimum absolute atomic E-state index is 0.0301. The first-order valence-electron chi connectivity index (χ1n) is 10.6. The summed E-state index contributed by atoms with van der Waals surface area (Å²) in [5, 5.41) is 11.5. The van der Waals surface area contributed by atoms with Crippen LogP contribution in [0.25, 0.3) is 0 Å². The van der Waals surface area contributed by atoms with Crippen molar-refractivity contribution in [3.8, 4) is 5.75 Å². The van der Waals surface area contributed by atoms with Crippen LogP contribution in [0.15, 0.2) is 48.8 Å². The van der Waals surface area contributed by atoms with Crippen molar-refractivity contribution in [2.75, 3.05) is 0 Å². The van der Waals surface area contributed by atoms with Crippen LogP contribution in [0.1, 0.15) is 57.6 Å².